The standard InChI is InChI=1S/C23H26FIN4O4/c1-4-27-17-10-23(2,3)7-8-28(17)29-12-15(19(30)20(31)18(29)22(27)33)21(32)26-11-13-5-6-14(24)9-16(13)25/h5-6,9,12,17,31H,4,7-8,10-11H2,1-3H3,(H,26,32)/t17-/m0/s1. The second kappa shape index (κ2) is 8.62. The molecular formula is C23H26FIN4O4. The van der Waals surface area contributed by atoms with Gasteiger partial charge in [0.05, 0.1) is 0 Å². The molecule has 0 saturated carbocycles. The fourth-order valence-corrected chi connectivity index (χ4v) is 5.17. The van der Waals surface area contributed by atoms with Gasteiger partial charge in [0, 0.05) is 29.4 Å². The number of fused-ring (bicyclic) bond motifs is 3. The molecule has 0 spiro atoms. The molecule has 33 heavy (non-hydrogen) atoms. The zero-order valence-electron chi connectivity index (χ0n) is 18.7. The van der Waals surface area contributed by atoms with E-state index in [1.807, 2.05) is 34.5 Å². The van der Waals surface area contributed by atoms with E-state index in [1.165, 1.54) is 23.0 Å². The Morgan fingerprint density at radius 3 is 2.73 bits per heavy atom. The number of rotatable bonds is 4. The number of aromatic nitrogens is 1. The van der Waals surface area contributed by atoms with E-state index in [0.717, 1.165) is 12.8 Å². The molecular weight excluding hydrogens is 542 g/mol. The molecule has 176 valence electrons. The number of nitrogens with one attached hydrogen (secondary N) is 1. The van der Waals surface area contributed by atoms with Crippen LogP contribution < -0.4 is 15.8 Å². The van der Waals surface area contributed by atoms with Crippen LogP contribution in [0, 0.1) is 14.8 Å². The monoisotopic (exact) mass is 568 g/mol. The van der Waals surface area contributed by atoms with Gasteiger partial charge in [0.1, 0.15) is 17.5 Å². The number of piperidine rings is 1. The highest BCUT2D eigenvalue weighted by molar-refractivity contribution is 14.1. The summed E-state index contributed by atoms with van der Waals surface area (Å²) in [5, 5.41) is 15.3. The highest BCUT2D eigenvalue weighted by Gasteiger charge is 2.44. The Balaban J connectivity index is 1.70. The van der Waals surface area contributed by atoms with Gasteiger partial charge in [-0.1, -0.05) is 19.9 Å². The quantitative estimate of drug-likeness (QED) is 0.554. The average molecular weight is 568 g/mol. The molecule has 8 nitrogen and oxygen atoms in total. The number of amides is 2. The molecule has 1 atom stereocenters. The average Bonchev–Trinajstić information content (AvgIpc) is 2.74. The van der Waals surface area contributed by atoms with E-state index in [0.29, 0.717) is 22.2 Å². The van der Waals surface area contributed by atoms with Gasteiger partial charge >= 0.3 is 0 Å². The SMILES string of the molecule is CCN1C(=O)c2c(O)c(=O)c(C(=O)NCc3ccc(F)cc3I)cn2N2CCC(C)(C)C[C@@H]12. The van der Waals surface area contributed by atoms with Crippen molar-refractivity contribution in [1.82, 2.24) is 14.9 Å². The van der Waals surface area contributed by atoms with Crippen molar-refractivity contribution in [2.45, 2.75) is 46.3 Å². The molecule has 10 heteroatoms. The molecule has 1 fully saturated rings. The Bertz CT molecular complexity index is 1200. The molecule has 0 unspecified atom stereocenters. The lowest BCUT2D eigenvalue weighted by molar-refractivity contribution is 0.0407. The summed E-state index contributed by atoms with van der Waals surface area (Å²) >= 11 is 1.97. The number of nitrogens with zero attached hydrogens (tertiary/aromatic N) is 3. The van der Waals surface area contributed by atoms with E-state index in [9.17, 15) is 23.9 Å². The highest BCUT2D eigenvalue weighted by Crippen LogP contribution is 2.37. The van der Waals surface area contributed by atoms with E-state index >= 15 is 0 Å². The summed E-state index contributed by atoms with van der Waals surface area (Å²) in [6.07, 6.45) is 2.69. The summed E-state index contributed by atoms with van der Waals surface area (Å²) in [5.41, 5.74) is -0.551. The Morgan fingerprint density at radius 2 is 2.06 bits per heavy atom. The Morgan fingerprint density at radius 1 is 1.33 bits per heavy atom. The molecule has 1 aromatic carbocycles. The Labute approximate surface area is 204 Å². The van der Waals surface area contributed by atoms with Crippen molar-refractivity contribution in [1.29, 1.82) is 0 Å². The van der Waals surface area contributed by atoms with Gasteiger partial charge in [-0.25, -0.2) is 4.39 Å². The van der Waals surface area contributed by atoms with E-state index in [-0.39, 0.29) is 35.2 Å². The minimum absolute atomic E-state index is 0.0277. The van der Waals surface area contributed by atoms with Crippen LogP contribution in [0.5, 0.6) is 5.75 Å². The van der Waals surface area contributed by atoms with Gasteiger partial charge in [0.2, 0.25) is 5.43 Å². The molecule has 4 rings (SSSR count). The first kappa shape index (κ1) is 23.5. The molecule has 2 amide bonds. The number of benzene rings is 1. The van der Waals surface area contributed by atoms with Gasteiger partial charge in [-0.15, -0.1) is 0 Å². The fraction of sp³-hybridized carbons (Fsp3) is 0.435. The third-order valence-electron chi connectivity index (χ3n) is 6.40. The maximum Gasteiger partial charge on any atom is 0.278 e. The van der Waals surface area contributed by atoms with Crippen molar-refractivity contribution in [3.05, 3.63) is 60.8 Å². The molecule has 1 saturated heterocycles. The summed E-state index contributed by atoms with van der Waals surface area (Å²) in [6.45, 7) is 7.28. The van der Waals surface area contributed by atoms with Gasteiger partial charge < -0.3 is 15.3 Å². The van der Waals surface area contributed by atoms with Crippen LogP contribution >= 0.6 is 22.6 Å². The second-order valence-electron chi connectivity index (χ2n) is 9.19. The molecule has 2 aliphatic heterocycles. The Kier molecular flexibility index (Phi) is 6.14. The van der Waals surface area contributed by atoms with Gasteiger partial charge in [-0.3, -0.25) is 24.1 Å². The first-order valence-corrected chi connectivity index (χ1v) is 11.9. The molecule has 2 N–H and O–H groups in total. The number of halogens is 2. The summed E-state index contributed by atoms with van der Waals surface area (Å²) in [6, 6.07) is 4.21. The van der Waals surface area contributed by atoms with Crippen molar-refractivity contribution in [2.75, 3.05) is 18.1 Å². The molecule has 0 radical (unpaired) electrons. The summed E-state index contributed by atoms with van der Waals surface area (Å²) in [7, 11) is 0. The van der Waals surface area contributed by atoms with Crippen LogP contribution in [-0.4, -0.2) is 45.8 Å². The van der Waals surface area contributed by atoms with Crippen LogP contribution in [0.1, 0.15) is 60.0 Å². The van der Waals surface area contributed by atoms with Crippen LogP contribution in [0.4, 0.5) is 4.39 Å². The summed E-state index contributed by atoms with van der Waals surface area (Å²) < 4.78 is 15.5. The number of hydrogen-bond donors (Lipinski definition) is 2. The molecule has 2 aromatic rings. The fourth-order valence-electron chi connectivity index (χ4n) is 4.50. The molecule has 2 aliphatic rings. The van der Waals surface area contributed by atoms with Crippen LogP contribution in [0.2, 0.25) is 0 Å². The first-order valence-electron chi connectivity index (χ1n) is 10.8. The minimum atomic E-state index is -0.896. The highest BCUT2D eigenvalue weighted by atomic mass is 127. The predicted octanol–water partition coefficient (Wildman–Crippen LogP) is 2.79. The number of aromatic hydroxyl groups is 1. The van der Waals surface area contributed by atoms with Crippen molar-refractivity contribution >= 4 is 34.4 Å². The van der Waals surface area contributed by atoms with Crippen LogP contribution in [0.3, 0.4) is 0 Å². The molecule has 1 aromatic heterocycles. The minimum Gasteiger partial charge on any atom is -0.502 e. The zero-order valence-corrected chi connectivity index (χ0v) is 20.8. The van der Waals surface area contributed by atoms with Crippen LogP contribution in [0.25, 0.3) is 0 Å². The first-order chi connectivity index (χ1) is 15.5. The maximum atomic E-state index is 13.3. The van der Waals surface area contributed by atoms with Crippen molar-refractivity contribution in [2.24, 2.45) is 5.41 Å². The lowest BCUT2D eigenvalue weighted by atomic mass is 9.80. The Hall–Kier alpha value is -2.63. The number of carbonyl (C=O) groups excluding carboxylic acids is 2. The number of pyridine rings is 1. The third-order valence-corrected chi connectivity index (χ3v) is 7.41. The number of hydrogen-bond acceptors (Lipinski definition) is 5. The van der Waals surface area contributed by atoms with Crippen LogP contribution in [-0.2, 0) is 6.54 Å². The molecule has 0 bridgehead atoms. The van der Waals surface area contributed by atoms with E-state index in [1.54, 1.807) is 11.0 Å². The summed E-state index contributed by atoms with van der Waals surface area (Å²) in [5.74, 6) is -2.22. The van der Waals surface area contributed by atoms with Crippen molar-refractivity contribution < 1.29 is 19.1 Å². The lowest BCUT2D eigenvalue weighted by Gasteiger charge is -2.52. The van der Waals surface area contributed by atoms with Crippen LogP contribution in [0.15, 0.2) is 29.2 Å². The van der Waals surface area contributed by atoms with Crippen molar-refractivity contribution in [3.8, 4) is 5.75 Å². The van der Waals surface area contributed by atoms with E-state index < -0.39 is 23.0 Å². The normalized spacial score (nSPS) is 19.2. The predicted molar refractivity (Wildman–Crippen MR) is 129 cm³/mol. The third kappa shape index (κ3) is 4.20. The number of carbonyl (C=O) groups is 2. The largest absolute Gasteiger partial charge is 0.502 e. The zero-order chi connectivity index (χ0) is 24.1. The van der Waals surface area contributed by atoms with E-state index in [4.69, 9.17) is 0 Å². The molecule has 3 heterocycles. The smallest absolute Gasteiger partial charge is 0.278 e. The summed E-state index contributed by atoms with van der Waals surface area (Å²) in [4.78, 5) is 40.6. The topological polar surface area (TPSA) is 94.9 Å². The maximum absolute atomic E-state index is 13.3. The van der Waals surface area contributed by atoms with Gasteiger partial charge in [-0.05, 0) is 65.5 Å². The molecule has 0 aliphatic carbocycles. The van der Waals surface area contributed by atoms with Crippen molar-refractivity contribution in [3.63, 3.8) is 0 Å². The van der Waals surface area contributed by atoms with Gasteiger partial charge in [-0.2, -0.15) is 0 Å². The second-order valence-corrected chi connectivity index (χ2v) is 10.3. The van der Waals surface area contributed by atoms with E-state index in [2.05, 4.69) is 19.2 Å². The lowest BCUT2D eigenvalue weighted by Crippen LogP contribution is -2.65. The van der Waals surface area contributed by atoms with Gasteiger partial charge in [0.25, 0.3) is 11.8 Å². The van der Waals surface area contributed by atoms with Gasteiger partial charge in [0.15, 0.2) is 11.4 Å².